The van der Waals surface area contributed by atoms with Gasteiger partial charge in [-0.15, -0.1) is 0 Å². The summed E-state index contributed by atoms with van der Waals surface area (Å²) in [4.78, 5) is 26.2. The van der Waals surface area contributed by atoms with Crippen LogP contribution in [0, 0.1) is 6.92 Å². The number of aryl methyl sites for hydroxylation is 1. The van der Waals surface area contributed by atoms with Crippen molar-refractivity contribution >= 4 is 40.7 Å². The molecular formula is C33H33Cl2N3O4. The number of methoxy groups -OCH3 is 1. The molecule has 0 bridgehead atoms. The largest absolute Gasteiger partial charge is 0.497 e. The number of carbonyl (C=O) groups excluding carboxylic acids is 2. The van der Waals surface area contributed by atoms with Crippen LogP contribution in [0.25, 0.3) is 0 Å². The number of anilines is 1. The zero-order chi connectivity index (χ0) is 29.9. The van der Waals surface area contributed by atoms with Gasteiger partial charge < -0.3 is 25.4 Å². The maximum atomic E-state index is 13.3. The van der Waals surface area contributed by atoms with Crippen LogP contribution >= 0.6 is 23.2 Å². The van der Waals surface area contributed by atoms with Crippen LogP contribution in [0.1, 0.15) is 33.0 Å². The molecule has 1 unspecified atom stereocenters. The van der Waals surface area contributed by atoms with Gasteiger partial charge in [0.2, 0.25) is 5.91 Å². The summed E-state index contributed by atoms with van der Waals surface area (Å²) in [5.74, 6) is 0.309. The molecule has 0 spiro atoms. The van der Waals surface area contributed by atoms with Crippen molar-refractivity contribution in [3.8, 4) is 11.5 Å². The minimum absolute atomic E-state index is 0.125. The van der Waals surface area contributed by atoms with Crippen LogP contribution in [-0.4, -0.2) is 38.6 Å². The summed E-state index contributed by atoms with van der Waals surface area (Å²) in [7, 11) is 1.62. The molecule has 0 aliphatic heterocycles. The minimum Gasteiger partial charge on any atom is -0.497 e. The Bertz CT molecular complexity index is 1470. The number of benzene rings is 4. The Morgan fingerprint density at radius 2 is 1.48 bits per heavy atom. The molecule has 0 heterocycles. The summed E-state index contributed by atoms with van der Waals surface area (Å²) in [6, 6.07) is 27.4. The van der Waals surface area contributed by atoms with Crippen LogP contribution in [0.5, 0.6) is 11.5 Å². The van der Waals surface area contributed by atoms with E-state index in [4.69, 9.17) is 32.7 Å². The van der Waals surface area contributed by atoms with Gasteiger partial charge >= 0.3 is 0 Å². The van der Waals surface area contributed by atoms with Crippen molar-refractivity contribution in [2.24, 2.45) is 0 Å². The lowest BCUT2D eigenvalue weighted by Gasteiger charge is -2.19. The third kappa shape index (κ3) is 8.65. The number of amides is 2. The van der Waals surface area contributed by atoms with E-state index < -0.39 is 5.92 Å². The van der Waals surface area contributed by atoms with E-state index in [9.17, 15) is 9.59 Å². The standard InChI is InChI=1S/C33H33Cl2N3O4/c1-22-5-3-6-24(19-22)32(39)38-20-28(33(40)37-18-17-36-25-11-15-26(41-2)16-12-25)23-9-13-27(14-10-23)42-21-29-30(34)7-4-8-31(29)35/h3-16,19,28,36H,17-18,20-21H2,1-2H3,(H,37,40)(H,38,39). The first-order valence-corrected chi connectivity index (χ1v) is 14.3. The molecule has 0 aromatic heterocycles. The zero-order valence-corrected chi connectivity index (χ0v) is 25.0. The average molecular weight is 607 g/mol. The van der Waals surface area contributed by atoms with Crippen LogP contribution in [0.4, 0.5) is 5.69 Å². The van der Waals surface area contributed by atoms with E-state index in [2.05, 4.69) is 16.0 Å². The SMILES string of the molecule is COc1ccc(NCCNC(=O)C(CNC(=O)c2cccc(C)c2)c2ccc(OCc3c(Cl)cccc3Cl)cc2)cc1. The van der Waals surface area contributed by atoms with Gasteiger partial charge in [-0.25, -0.2) is 0 Å². The van der Waals surface area contributed by atoms with Crippen LogP contribution in [0.3, 0.4) is 0 Å². The van der Waals surface area contributed by atoms with E-state index in [0.717, 1.165) is 22.6 Å². The lowest BCUT2D eigenvalue weighted by atomic mass is 9.97. The van der Waals surface area contributed by atoms with Crippen molar-refractivity contribution in [3.05, 3.63) is 123 Å². The highest BCUT2D eigenvalue weighted by atomic mass is 35.5. The molecule has 0 fully saturated rings. The zero-order valence-electron chi connectivity index (χ0n) is 23.5. The lowest BCUT2D eigenvalue weighted by Crippen LogP contribution is -2.39. The minimum atomic E-state index is -0.619. The van der Waals surface area contributed by atoms with Gasteiger partial charge in [-0.05, 0) is 73.2 Å². The Morgan fingerprint density at radius 1 is 0.810 bits per heavy atom. The van der Waals surface area contributed by atoms with E-state index in [0.29, 0.717) is 40.0 Å². The van der Waals surface area contributed by atoms with Crippen LogP contribution in [-0.2, 0) is 11.4 Å². The highest BCUT2D eigenvalue weighted by Crippen LogP contribution is 2.27. The predicted molar refractivity (Wildman–Crippen MR) is 168 cm³/mol. The van der Waals surface area contributed by atoms with Gasteiger partial charge in [0.1, 0.15) is 18.1 Å². The third-order valence-corrected chi connectivity index (χ3v) is 7.34. The van der Waals surface area contributed by atoms with Gasteiger partial charge in [0.25, 0.3) is 5.91 Å². The first-order chi connectivity index (χ1) is 20.3. The quantitative estimate of drug-likeness (QED) is 0.149. The summed E-state index contributed by atoms with van der Waals surface area (Å²) in [6.07, 6.45) is 0. The molecule has 1 atom stereocenters. The fraction of sp³-hybridized carbons (Fsp3) is 0.212. The Labute approximate surface area is 256 Å². The summed E-state index contributed by atoms with van der Waals surface area (Å²) >= 11 is 12.5. The van der Waals surface area contributed by atoms with Gasteiger partial charge in [0, 0.05) is 46.5 Å². The van der Waals surface area contributed by atoms with E-state index in [1.165, 1.54) is 0 Å². The highest BCUT2D eigenvalue weighted by molar-refractivity contribution is 6.35. The number of nitrogens with one attached hydrogen (secondary N) is 3. The molecule has 0 saturated carbocycles. The number of halogens is 2. The van der Waals surface area contributed by atoms with Crippen LogP contribution in [0.2, 0.25) is 10.0 Å². The number of hydrogen-bond acceptors (Lipinski definition) is 5. The maximum Gasteiger partial charge on any atom is 0.251 e. The fourth-order valence-corrected chi connectivity index (χ4v) is 4.80. The van der Waals surface area contributed by atoms with Crippen molar-refractivity contribution in [2.75, 3.05) is 32.1 Å². The molecule has 0 aliphatic rings. The summed E-state index contributed by atoms with van der Waals surface area (Å²) in [6.45, 7) is 3.18. The van der Waals surface area contributed by atoms with E-state index >= 15 is 0 Å². The lowest BCUT2D eigenvalue weighted by molar-refractivity contribution is -0.122. The van der Waals surface area contributed by atoms with Crippen molar-refractivity contribution < 1.29 is 19.1 Å². The number of carbonyl (C=O) groups is 2. The Balaban J connectivity index is 1.40. The summed E-state index contributed by atoms with van der Waals surface area (Å²) < 4.78 is 11.1. The van der Waals surface area contributed by atoms with Crippen molar-refractivity contribution in [1.29, 1.82) is 0 Å². The second-order valence-corrected chi connectivity index (χ2v) is 10.5. The smallest absolute Gasteiger partial charge is 0.251 e. The van der Waals surface area contributed by atoms with E-state index in [1.807, 2.05) is 61.5 Å². The third-order valence-electron chi connectivity index (χ3n) is 6.63. The molecule has 3 N–H and O–H groups in total. The van der Waals surface area contributed by atoms with Crippen molar-refractivity contribution in [2.45, 2.75) is 19.4 Å². The van der Waals surface area contributed by atoms with Crippen LogP contribution in [0.15, 0.2) is 91.0 Å². The van der Waals surface area contributed by atoms with E-state index in [1.54, 1.807) is 43.5 Å². The van der Waals surface area contributed by atoms with Gasteiger partial charge in [-0.1, -0.05) is 59.1 Å². The second kappa shape index (κ2) is 15.1. The second-order valence-electron chi connectivity index (χ2n) is 9.64. The molecular weight excluding hydrogens is 573 g/mol. The molecule has 0 aliphatic carbocycles. The summed E-state index contributed by atoms with van der Waals surface area (Å²) in [5.41, 5.74) is 3.88. The monoisotopic (exact) mass is 605 g/mol. The van der Waals surface area contributed by atoms with Gasteiger partial charge in [0.15, 0.2) is 0 Å². The molecule has 7 nitrogen and oxygen atoms in total. The normalized spacial score (nSPS) is 11.3. The Kier molecular flexibility index (Phi) is 11.1. The van der Waals surface area contributed by atoms with Gasteiger partial charge in [-0.3, -0.25) is 9.59 Å². The Morgan fingerprint density at radius 3 is 2.14 bits per heavy atom. The number of rotatable bonds is 13. The van der Waals surface area contributed by atoms with Gasteiger partial charge in [0.05, 0.1) is 13.0 Å². The predicted octanol–water partition coefficient (Wildman–Crippen LogP) is 6.63. The molecule has 42 heavy (non-hydrogen) atoms. The van der Waals surface area contributed by atoms with Crippen molar-refractivity contribution in [3.63, 3.8) is 0 Å². The fourth-order valence-electron chi connectivity index (χ4n) is 4.29. The number of ether oxygens (including phenoxy) is 2. The van der Waals surface area contributed by atoms with Crippen LogP contribution < -0.4 is 25.4 Å². The molecule has 9 heteroatoms. The number of hydrogen-bond donors (Lipinski definition) is 3. The maximum absolute atomic E-state index is 13.3. The van der Waals surface area contributed by atoms with Gasteiger partial charge in [-0.2, -0.15) is 0 Å². The highest BCUT2D eigenvalue weighted by Gasteiger charge is 2.22. The average Bonchev–Trinajstić information content (AvgIpc) is 3.00. The first-order valence-electron chi connectivity index (χ1n) is 13.5. The molecule has 0 saturated heterocycles. The molecule has 0 radical (unpaired) electrons. The topological polar surface area (TPSA) is 88.7 Å². The molecule has 4 rings (SSSR count). The molecule has 4 aromatic carbocycles. The Hall–Kier alpha value is -4.20. The molecule has 4 aromatic rings. The van der Waals surface area contributed by atoms with Crippen molar-refractivity contribution in [1.82, 2.24) is 10.6 Å². The molecule has 218 valence electrons. The van der Waals surface area contributed by atoms with E-state index in [-0.39, 0.29) is 25.0 Å². The molecule has 2 amide bonds. The summed E-state index contributed by atoms with van der Waals surface area (Å²) in [5, 5.41) is 10.2. The first kappa shape index (κ1) is 30.8.